The van der Waals surface area contributed by atoms with Crippen LogP contribution in [0, 0.1) is 21.8 Å². The Labute approximate surface area is 109 Å². The lowest BCUT2D eigenvalue weighted by Crippen LogP contribution is -2.44. The standard InChI is InChI=1S/C12H16FN3O3/c1-7(2)11(12(14)17)15-6-8-5-9(13)3-4-10(8)16(18)19/h3-5,7,11,15H,6H2,1-2H3,(H2,14,17). The van der Waals surface area contributed by atoms with Gasteiger partial charge in [-0.3, -0.25) is 14.9 Å². The molecule has 1 aromatic carbocycles. The van der Waals surface area contributed by atoms with E-state index in [1.54, 1.807) is 13.8 Å². The Morgan fingerprint density at radius 1 is 1.53 bits per heavy atom. The Balaban J connectivity index is 2.90. The fourth-order valence-corrected chi connectivity index (χ4v) is 1.76. The Morgan fingerprint density at radius 2 is 2.16 bits per heavy atom. The van der Waals surface area contributed by atoms with Crippen LogP contribution in [0.25, 0.3) is 0 Å². The molecule has 0 spiro atoms. The molecule has 1 rings (SSSR count). The second-order valence-corrected chi connectivity index (χ2v) is 4.54. The largest absolute Gasteiger partial charge is 0.368 e. The molecule has 104 valence electrons. The minimum atomic E-state index is -0.622. The highest BCUT2D eigenvalue weighted by Crippen LogP contribution is 2.19. The van der Waals surface area contributed by atoms with Gasteiger partial charge in [-0.1, -0.05) is 13.8 Å². The van der Waals surface area contributed by atoms with E-state index in [1.165, 1.54) is 0 Å². The predicted octanol–water partition coefficient (Wildman–Crippen LogP) is 1.33. The van der Waals surface area contributed by atoms with Crippen molar-refractivity contribution in [3.05, 3.63) is 39.7 Å². The Kier molecular flexibility index (Phi) is 4.94. The second-order valence-electron chi connectivity index (χ2n) is 4.54. The van der Waals surface area contributed by atoms with E-state index in [-0.39, 0.29) is 23.7 Å². The van der Waals surface area contributed by atoms with Crippen LogP contribution in [0.15, 0.2) is 18.2 Å². The first-order valence-electron chi connectivity index (χ1n) is 5.78. The van der Waals surface area contributed by atoms with Crippen LogP contribution in [-0.2, 0) is 11.3 Å². The molecule has 0 saturated heterocycles. The highest BCUT2D eigenvalue weighted by atomic mass is 19.1. The lowest BCUT2D eigenvalue weighted by atomic mass is 10.0. The van der Waals surface area contributed by atoms with Gasteiger partial charge in [0, 0.05) is 18.2 Å². The van der Waals surface area contributed by atoms with E-state index >= 15 is 0 Å². The summed E-state index contributed by atoms with van der Waals surface area (Å²) in [6.07, 6.45) is 0. The van der Waals surface area contributed by atoms with E-state index in [2.05, 4.69) is 5.32 Å². The number of nitro benzene ring substituents is 1. The molecule has 6 nitrogen and oxygen atoms in total. The molecule has 19 heavy (non-hydrogen) atoms. The summed E-state index contributed by atoms with van der Waals surface area (Å²) in [4.78, 5) is 21.4. The van der Waals surface area contributed by atoms with Gasteiger partial charge in [0.15, 0.2) is 0 Å². The van der Waals surface area contributed by atoms with Gasteiger partial charge in [0.1, 0.15) is 5.82 Å². The van der Waals surface area contributed by atoms with E-state index in [9.17, 15) is 19.3 Å². The van der Waals surface area contributed by atoms with E-state index < -0.39 is 22.7 Å². The quantitative estimate of drug-likeness (QED) is 0.601. The number of hydrogen-bond acceptors (Lipinski definition) is 4. The molecule has 0 fully saturated rings. The van der Waals surface area contributed by atoms with Gasteiger partial charge in [-0.05, 0) is 18.1 Å². The number of halogens is 1. The van der Waals surface area contributed by atoms with Crippen LogP contribution in [0.4, 0.5) is 10.1 Å². The lowest BCUT2D eigenvalue weighted by Gasteiger charge is -2.18. The maximum absolute atomic E-state index is 13.1. The van der Waals surface area contributed by atoms with Gasteiger partial charge in [0.25, 0.3) is 5.69 Å². The summed E-state index contributed by atoms with van der Waals surface area (Å²) in [5, 5.41) is 13.6. The third-order valence-corrected chi connectivity index (χ3v) is 2.72. The average molecular weight is 269 g/mol. The maximum atomic E-state index is 13.1. The fourth-order valence-electron chi connectivity index (χ4n) is 1.76. The summed E-state index contributed by atoms with van der Waals surface area (Å²) in [6, 6.07) is 2.57. The maximum Gasteiger partial charge on any atom is 0.274 e. The van der Waals surface area contributed by atoms with Gasteiger partial charge in [-0.25, -0.2) is 4.39 Å². The third kappa shape index (κ3) is 3.99. The zero-order valence-electron chi connectivity index (χ0n) is 10.7. The number of carbonyl (C=O) groups is 1. The highest BCUT2D eigenvalue weighted by molar-refractivity contribution is 5.80. The second kappa shape index (κ2) is 6.24. The van der Waals surface area contributed by atoms with Crippen LogP contribution in [0.1, 0.15) is 19.4 Å². The molecular weight excluding hydrogens is 253 g/mol. The third-order valence-electron chi connectivity index (χ3n) is 2.72. The summed E-state index contributed by atoms with van der Waals surface area (Å²) in [7, 11) is 0. The molecule has 1 aromatic rings. The summed E-state index contributed by atoms with van der Waals surface area (Å²) in [5.41, 5.74) is 5.20. The number of nitrogens with one attached hydrogen (secondary N) is 1. The van der Waals surface area contributed by atoms with Crippen molar-refractivity contribution in [1.29, 1.82) is 0 Å². The predicted molar refractivity (Wildman–Crippen MR) is 67.7 cm³/mol. The van der Waals surface area contributed by atoms with Gasteiger partial charge in [0.05, 0.1) is 11.0 Å². The van der Waals surface area contributed by atoms with Crippen LogP contribution in [0.2, 0.25) is 0 Å². The number of hydrogen-bond donors (Lipinski definition) is 2. The summed E-state index contributed by atoms with van der Waals surface area (Å²) in [5.74, 6) is -1.18. The van der Waals surface area contributed by atoms with E-state index in [0.717, 1.165) is 18.2 Å². The number of nitrogens with zero attached hydrogens (tertiary/aromatic N) is 1. The monoisotopic (exact) mass is 269 g/mol. The van der Waals surface area contributed by atoms with Crippen LogP contribution in [0.5, 0.6) is 0 Å². The first-order chi connectivity index (χ1) is 8.82. The molecule has 0 aromatic heterocycles. The summed E-state index contributed by atoms with van der Waals surface area (Å²) < 4.78 is 13.1. The van der Waals surface area contributed by atoms with Gasteiger partial charge < -0.3 is 11.1 Å². The molecule has 0 aliphatic heterocycles. The van der Waals surface area contributed by atoms with Crippen molar-refractivity contribution >= 4 is 11.6 Å². The molecule has 0 heterocycles. The Bertz CT molecular complexity index is 491. The Hall–Kier alpha value is -2.02. The molecule has 1 amide bonds. The lowest BCUT2D eigenvalue weighted by molar-refractivity contribution is -0.385. The zero-order valence-corrected chi connectivity index (χ0v) is 10.7. The molecule has 0 radical (unpaired) electrons. The van der Waals surface area contributed by atoms with Crippen LogP contribution in [0.3, 0.4) is 0 Å². The van der Waals surface area contributed by atoms with E-state index in [4.69, 9.17) is 5.73 Å². The van der Waals surface area contributed by atoms with E-state index in [0.29, 0.717) is 0 Å². The molecule has 0 saturated carbocycles. The molecule has 1 unspecified atom stereocenters. The van der Waals surface area contributed by atoms with Gasteiger partial charge >= 0.3 is 0 Å². The van der Waals surface area contributed by atoms with Crippen molar-refractivity contribution in [2.45, 2.75) is 26.4 Å². The van der Waals surface area contributed by atoms with Crippen molar-refractivity contribution in [2.24, 2.45) is 11.7 Å². The Morgan fingerprint density at radius 3 is 2.63 bits per heavy atom. The number of amides is 1. The first-order valence-corrected chi connectivity index (χ1v) is 5.78. The molecule has 0 aliphatic rings. The number of rotatable bonds is 6. The molecule has 0 aliphatic carbocycles. The summed E-state index contributed by atoms with van der Waals surface area (Å²) >= 11 is 0. The van der Waals surface area contributed by atoms with Crippen molar-refractivity contribution in [2.75, 3.05) is 0 Å². The number of primary amides is 1. The number of nitro groups is 1. The SMILES string of the molecule is CC(C)C(NCc1cc(F)ccc1[N+](=O)[O-])C(N)=O. The van der Waals surface area contributed by atoms with Crippen molar-refractivity contribution in [1.82, 2.24) is 5.32 Å². The van der Waals surface area contributed by atoms with Gasteiger partial charge in [0.2, 0.25) is 5.91 Å². The van der Waals surface area contributed by atoms with Crippen LogP contribution >= 0.6 is 0 Å². The minimum Gasteiger partial charge on any atom is -0.368 e. The number of nitrogens with two attached hydrogens (primary N) is 1. The first kappa shape index (κ1) is 15.0. The highest BCUT2D eigenvalue weighted by Gasteiger charge is 2.21. The minimum absolute atomic E-state index is 0.000139. The van der Waals surface area contributed by atoms with Gasteiger partial charge in [-0.15, -0.1) is 0 Å². The number of benzene rings is 1. The average Bonchev–Trinajstić information content (AvgIpc) is 2.27. The van der Waals surface area contributed by atoms with Gasteiger partial charge in [-0.2, -0.15) is 0 Å². The molecule has 1 atom stereocenters. The fraction of sp³-hybridized carbons (Fsp3) is 0.417. The molecule has 7 heteroatoms. The number of carbonyl (C=O) groups excluding carboxylic acids is 1. The summed E-state index contributed by atoms with van der Waals surface area (Å²) in [6.45, 7) is 3.59. The van der Waals surface area contributed by atoms with Crippen molar-refractivity contribution in [3.63, 3.8) is 0 Å². The van der Waals surface area contributed by atoms with Crippen molar-refractivity contribution in [3.8, 4) is 0 Å². The van der Waals surface area contributed by atoms with Crippen LogP contribution < -0.4 is 11.1 Å². The zero-order chi connectivity index (χ0) is 14.6. The molecular formula is C12H16FN3O3. The smallest absolute Gasteiger partial charge is 0.274 e. The topological polar surface area (TPSA) is 98.3 Å². The van der Waals surface area contributed by atoms with E-state index in [1.807, 2.05) is 0 Å². The van der Waals surface area contributed by atoms with Crippen LogP contribution in [-0.4, -0.2) is 16.9 Å². The molecule has 3 N–H and O–H groups in total. The normalized spacial score (nSPS) is 12.4. The molecule has 0 bridgehead atoms. The van der Waals surface area contributed by atoms with Crippen molar-refractivity contribution < 1.29 is 14.1 Å².